The highest BCUT2D eigenvalue weighted by Crippen LogP contribution is 2.38. The minimum Gasteiger partial charge on any atom is -0.245 e. The molecule has 1 aliphatic rings. The molecule has 2 aromatic carbocycles. The Labute approximate surface area is 160 Å². The van der Waals surface area contributed by atoms with Gasteiger partial charge >= 0.3 is 0 Å². The average Bonchev–Trinajstić information content (AvgIpc) is 3.49. The van der Waals surface area contributed by atoms with Crippen molar-refractivity contribution in [3.63, 3.8) is 0 Å². The summed E-state index contributed by atoms with van der Waals surface area (Å²) in [6.07, 6.45) is 5.75. The Hall–Kier alpha value is -2.93. The van der Waals surface area contributed by atoms with Gasteiger partial charge in [0.1, 0.15) is 5.82 Å². The molecule has 1 heterocycles. The molecular weight excluding hydrogens is 332 g/mol. The van der Waals surface area contributed by atoms with E-state index in [1.807, 2.05) is 24.3 Å². The topological polar surface area (TPSA) is 54.5 Å². The number of nitrogens with zero attached hydrogens (tertiary/aromatic N) is 4. The van der Waals surface area contributed by atoms with Crippen LogP contribution in [0.4, 0.5) is 0 Å². The van der Waals surface area contributed by atoms with E-state index in [4.69, 9.17) is 10.1 Å². The van der Waals surface area contributed by atoms with Gasteiger partial charge in [-0.2, -0.15) is 10.4 Å². The SMILES string of the molecule is CCCCc1nc(C2CC2)nn1Cc1ccc(-c2ccccc2C#N)cc1. The Morgan fingerprint density at radius 3 is 2.59 bits per heavy atom. The van der Waals surface area contributed by atoms with Crippen LogP contribution in [0.15, 0.2) is 48.5 Å². The monoisotopic (exact) mass is 356 g/mol. The normalized spacial score (nSPS) is 13.5. The van der Waals surface area contributed by atoms with E-state index >= 15 is 0 Å². The van der Waals surface area contributed by atoms with E-state index in [-0.39, 0.29) is 0 Å². The average molecular weight is 356 g/mol. The lowest BCUT2D eigenvalue weighted by atomic mass is 9.99. The number of hydrogen-bond acceptors (Lipinski definition) is 3. The third-order valence-corrected chi connectivity index (χ3v) is 5.11. The molecule has 0 bridgehead atoms. The largest absolute Gasteiger partial charge is 0.245 e. The zero-order valence-corrected chi connectivity index (χ0v) is 15.7. The van der Waals surface area contributed by atoms with Gasteiger partial charge in [-0.1, -0.05) is 55.8 Å². The zero-order valence-electron chi connectivity index (χ0n) is 15.7. The second-order valence-corrected chi connectivity index (χ2v) is 7.28. The highest BCUT2D eigenvalue weighted by molar-refractivity contribution is 5.70. The molecule has 0 saturated heterocycles. The number of nitriles is 1. The van der Waals surface area contributed by atoms with Crippen molar-refractivity contribution in [3.05, 3.63) is 71.3 Å². The van der Waals surface area contributed by atoms with E-state index in [9.17, 15) is 5.26 Å². The molecular formula is C23H24N4. The summed E-state index contributed by atoms with van der Waals surface area (Å²) in [7, 11) is 0. The molecule has 1 fully saturated rings. The fourth-order valence-corrected chi connectivity index (χ4v) is 3.35. The highest BCUT2D eigenvalue weighted by atomic mass is 15.3. The third-order valence-electron chi connectivity index (χ3n) is 5.11. The van der Waals surface area contributed by atoms with Crippen molar-refractivity contribution in [2.45, 2.75) is 51.5 Å². The number of benzene rings is 2. The lowest BCUT2D eigenvalue weighted by Crippen LogP contribution is -2.07. The molecule has 4 nitrogen and oxygen atoms in total. The van der Waals surface area contributed by atoms with Crippen LogP contribution in [-0.2, 0) is 13.0 Å². The Balaban J connectivity index is 1.56. The van der Waals surface area contributed by atoms with Gasteiger partial charge in [0.15, 0.2) is 5.82 Å². The maximum absolute atomic E-state index is 9.31. The first kappa shape index (κ1) is 17.5. The smallest absolute Gasteiger partial charge is 0.154 e. The molecule has 4 rings (SSSR count). The van der Waals surface area contributed by atoms with Gasteiger partial charge in [-0.15, -0.1) is 0 Å². The predicted octanol–water partition coefficient (Wildman–Crippen LogP) is 5.09. The van der Waals surface area contributed by atoms with Crippen LogP contribution in [-0.4, -0.2) is 14.8 Å². The van der Waals surface area contributed by atoms with Crippen molar-refractivity contribution in [2.24, 2.45) is 0 Å². The fourth-order valence-electron chi connectivity index (χ4n) is 3.35. The van der Waals surface area contributed by atoms with E-state index in [0.29, 0.717) is 11.5 Å². The van der Waals surface area contributed by atoms with Crippen LogP contribution < -0.4 is 0 Å². The second kappa shape index (κ2) is 7.75. The Bertz CT molecular complexity index is 959. The summed E-state index contributed by atoms with van der Waals surface area (Å²) in [5.74, 6) is 2.72. The number of aromatic nitrogens is 3. The van der Waals surface area contributed by atoms with Crippen LogP contribution in [0.5, 0.6) is 0 Å². The molecule has 0 N–H and O–H groups in total. The molecule has 0 amide bonds. The number of unbranched alkanes of at least 4 members (excludes halogenated alkanes) is 1. The Morgan fingerprint density at radius 2 is 1.89 bits per heavy atom. The summed E-state index contributed by atoms with van der Waals surface area (Å²) < 4.78 is 2.08. The minimum atomic E-state index is 0.580. The van der Waals surface area contributed by atoms with Gasteiger partial charge in [-0.3, -0.25) is 0 Å². The van der Waals surface area contributed by atoms with Gasteiger partial charge in [0.25, 0.3) is 0 Å². The van der Waals surface area contributed by atoms with Gasteiger partial charge in [0.05, 0.1) is 18.2 Å². The summed E-state index contributed by atoms with van der Waals surface area (Å²) in [6, 6.07) is 18.4. The molecule has 0 radical (unpaired) electrons. The van der Waals surface area contributed by atoms with Gasteiger partial charge in [-0.05, 0) is 42.0 Å². The molecule has 1 aliphatic carbocycles. The summed E-state index contributed by atoms with van der Waals surface area (Å²) in [5, 5.41) is 14.1. The van der Waals surface area contributed by atoms with E-state index in [1.165, 1.54) is 24.8 Å². The molecule has 3 aromatic rings. The third kappa shape index (κ3) is 3.93. The van der Waals surface area contributed by atoms with E-state index in [0.717, 1.165) is 42.2 Å². The van der Waals surface area contributed by atoms with Gasteiger partial charge in [0.2, 0.25) is 0 Å². The molecule has 1 aromatic heterocycles. The molecule has 0 aliphatic heterocycles. The molecule has 0 spiro atoms. The van der Waals surface area contributed by atoms with Crippen molar-refractivity contribution in [1.29, 1.82) is 5.26 Å². The molecule has 1 saturated carbocycles. The van der Waals surface area contributed by atoms with Crippen LogP contribution >= 0.6 is 0 Å². The molecule has 0 atom stereocenters. The zero-order chi connectivity index (χ0) is 18.6. The standard InChI is InChI=1S/C23H24N4/c1-2-3-8-22-25-23(19-13-14-19)26-27(22)16-17-9-11-18(12-10-17)21-7-5-4-6-20(21)15-24/h4-7,9-12,19H,2-3,8,13-14,16H2,1H3. The number of rotatable bonds is 7. The first-order chi connectivity index (χ1) is 13.3. The first-order valence-electron chi connectivity index (χ1n) is 9.80. The quantitative estimate of drug-likeness (QED) is 0.593. The van der Waals surface area contributed by atoms with Gasteiger partial charge in [0, 0.05) is 12.3 Å². The fraction of sp³-hybridized carbons (Fsp3) is 0.348. The number of aryl methyl sites for hydroxylation is 1. The first-order valence-corrected chi connectivity index (χ1v) is 9.80. The minimum absolute atomic E-state index is 0.580. The van der Waals surface area contributed by atoms with E-state index < -0.39 is 0 Å². The molecule has 4 heteroatoms. The van der Waals surface area contributed by atoms with Crippen molar-refractivity contribution in [3.8, 4) is 17.2 Å². The van der Waals surface area contributed by atoms with Gasteiger partial charge < -0.3 is 0 Å². The molecule has 0 unspecified atom stereocenters. The maximum atomic E-state index is 9.31. The molecule has 27 heavy (non-hydrogen) atoms. The summed E-state index contributed by atoms with van der Waals surface area (Å²) >= 11 is 0. The van der Waals surface area contributed by atoms with Crippen LogP contribution in [0.2, 0.25) is 0 Å². The van der Waals surface area contributed by atoms with Crippen molar-refractivity contribution < 1.29 is 0 Å². The lowest BCUT2D eigenvalue weighted by molar-refractivity contribution is 0.614. The van der Waals surface area contributed by atoms with Crippen molar-refractivity contribution >= 4 is 0 Å². The molecule has 136 valence electrons. The summed E-state index contributed by atoms with van der Waals surface area (Å²) in [5.41, 5.74) is 3.96. The summed E-state index contributed by atoms with van der Waals surface area (Å²) in [4.78, 5) is 4.81. The van der Waals surface area contributed by atoms with E-state index in [1.54, 1.807) is 0 Å². The van der Waals surface area contributed by atoms with Crippen LogP contribution in [0.1, 0.15) is 61.3 Å². The highest BCUT2D eigenvalue weighted by Gasteiger charge is 2.28. The lowest BCUT2D eigenvalue weighted by Gasteiger charge is -2.08. The van der Waals surface area contributed by atoms with Gasteiger partial charge in [-0.25, -0.2) is 9.67 Å². The number of hydrogen-bond donors (Lipinski definition) is 0. The Kier molecular flexibility index (Phi) is 5.02. The predicted molar refractivity (Wildman–Crippen MR) is 106 cm³/mol. The van der Waals surface area contributed by atoms with E-state index in [2.05, 4.69) is 41.9 Å². The van der Waals surface area contributed by atoms with Crippen molar-refractivity contribution in [2.75, 3.05) is 0 Å². The second-order valence-electron chi connectivity index (χ2n) is 7.28. The summed E-state index contributed by atoms with van der Waals surface area (Å²) in [6.45, 7) is 2.96. The van der Waals surface area contributed by atoms with Crippen LogP contribution in [0, 0.1) is 11.3 Å². The van der Waals surface area contributed by atoms with Crippen molar-refractivity contribution in [1.82, 2.24) is 14.8 Å². The Morgan fingerprint density at radius 1 is 1.11 bits per heavy atom. The van der Waals surface area contributed by atoms with Crippen LogP contribution in [0.25, 0.3) is 11.1 Å². The van der Waals surface area contributed by atoms with Crippen LogP contribution in [0.3, 0.4) is 0 Å². The maximum Gasteiger partial charge on any atom is 0.154 e.